The van der Waals surface area contributed by atoms with Gasteiger partial charge in [-0.3, -0.25) is 4.79 Å². The first-order chi connectivity index (χ1) is 10.1. The molecule has 0 unspecified atom stereocenters. The zero-order valence-electron chi connectivity index (χ0n) is 11.3. The number of hydrogen-bond acceptors (Lipinski definition) is 4. The van der Waals surface area contributed by atoms with Crippen molar-refractivity contribution in [2.24, 2.45) is 0 Å². The van der Waals surface area contributed by atoms with E-state index in [-0.39, 0.29) is 12.5 Å². The molecule has 6 heteroatoms. The number of carbonyl (C=O) groups excluding carboxylic acids is 2. The van der Waals surface area contributed by atoms with Gasteiger partial charge in [-0.15, -0.1) is 11.3 Å². The maximum absolute atomic E-state index is 12.2. The van der Waals surface area contributed by atoms with E-state index < -0.39 is 12.0 Å². The number of thiophene rings is 1. The molecule has 110 valence electrons. The number of nitrogens with one attached hydrogen (secondary N) is 1. The Labute approximate surface area is 131 Å². The highest BCUT2D eigenvalue weighted by atomic mass is 35.5. The highest BCUT2D eigenvalue weighted by Gasteiger charge is 2.24. The third-order valence-corrected chi connectivity index (χ3v) is 3.96. The van der Waals surface area contributed by atoms with Gasteiger partial charge in [-0.25, -0.2) is 4.79 Å². The Morgan fingerprint density at radius 1 is 1.24 bits per heavy atom. The summed E-state index contributed by atoms with van der Waals surface area (Å²) in [5, 5.41) is 2.69. The topological polar surface area (TPSA) is 55.4 Å². The lowest BCUT2D eigenvalue weighted by atomic mass is 10.1. The van der Waals surface area contributed by atoms with Crippen LogP contribution < -0.4 is 5.32 Å². The fraction of sp³-hybridized carbons (Fsp3) is 0.200. The van der Waals surface area contributed by atoms with E-state index in [9.17, 15) is 9.59 Å². The molecule has 1 N–H and O–H groups in total. The second-order valence-corrected chi connectivity index (χ2v) is 5.89. The first-order valence-electron chi connectivity index (χ1n) is 6.39. The molecule has 21 heavy (non-hydrogen) atoms. The second-order valence-electron chi connectivity index (χ2n) is 4.17. The molecule has 2 aromatic rings. The molecule has 0 bridgehead atoms. The fourth-order valence-electron chi connectivity index (χ4n) is 1.79. The smallest absolute Gasteiger partial charge is 0.333 e. The Hall–Kier alpha value is -1.85. The lowest BCUT2D eigenvalue weighted by Crippen LogP contribution is -2.34. The van der Waals surface area contributed by atoms with Gasteiger partial charge in [0.05, 0.1) is 15.8 Å². The van der Waals surface area contributed by atoms with E-state index in [0.717, 1.165) is 11.3 Å². The Morgan fingerprint density at radius 3 is 2.52 bits per heavy atom. The molecule has 1 atom stereocenters. The molecule has 0 saturated heterocycles. The van der Waals surface area contributed by atoms with Crippen molar-refractivity contribution in [3.63, 3.8) is 0 Å². The summed E-state index contributed by atoms with van der Waals surface area (Å²) in [5.41, 5.74) is 0.673. The highest BCUT2D eigenvalue weighted by molar-refractivity contribution is 7.18. The van der Waals surface area contributed by atoms with Crippen LogP contribution in [0.1, 0.15) is 28.2 Å². The number of benzene rings is 1. The summed E-state index contributed by atoms with van der Waals surface area (Å²) in [5.74, 6) is -0.839. The largest absolute Gasteiger partial charge is 0.464 e. The monoisotopic (exact) mass is 323 g/mol. The van der Waals surface area contributed by atoms with Crippen LogP contribution in [0.2, 0.25) is 4.34 Å². The zero-order valence-corrected chi connectivity index (χ0v) is 12.9. The Kier molecular flexibility index (Phi) is 5.36. The average molecular weight is 324 g/mol. The molecule has 1 aromatic carbocycles. The summed E-state index contributed by atoms with van der Waals surface area (Å²) in [6.07, 6.45) is 0. The minimum atomic E-state index is -0.834. The molecule has 0 aliphatic heterocycles. The number of carbonyl (C=O) groups is 2. The third-order valence-electron chi connectivity index (χ3n) is 2.73. The predicted octanol–water partition coefficient (Wildman–Crippen LogP) is 3.44. The van der Waals surface area contributed by atoms with Crippen molar-refractivity contribution >= 4 is 34.8 Å². The van der Waals surface area contributed by atoms with E-state index in [1.807, 2.05) is 6.07 Å². The maximum atomic E-state index is 12.2. The maximum Gasteiger partial charge on any atom is 0.333 e. The molecule has 0 spiro atoms. The van der Waals surface area contributed by atoms with Crippen LogP contribution in [-0.4, -0.2) is 18.5 Å². The van der Waals surface area contributed by atoms with E-state index in [1.54, 1.807) is 43.3 Å². The van der Waals surface area contributed by atoms with Crippen LogP contribution >= 0.6 is 22.9 Å². The van der Waals surface area contributed by atoms with Crippen molar-refractivity contribution < 1.29 is 14.3 Å². The number of esters is 1. The van der Waals surface area contributed by atoms with Gasteiger partial charge in [0, 0.05) is 0 Å². The highest BCUT2D eigenvalue weighted by Crippen LogP contribution is 2.22. The van der Waals surface area contributed by atoms with E-state index in [1.165, 1.54) is 0 Å². The van der Waals surface area contributed by atoms with Crippen molar-refractivity contribution in [1.29, 1.82) is 0 Å². The van der Waals surface area contributed by atoms with Crippen LogP contribution in [0.15, 0.2) is 42.5 Å². The average Bonchev–Trinajstić information content (AvgIpc) is 2.92. The van der Waals surface area contributed by atoms with Gasteiger partial charge < -0.3 is 10.1 Å². The molecule has 2 rings (SSSR count). The van der Waals surface area contributed by atoms with E-state index in [0.29, 0.717) is 14.8 Å². The standard InChI is InChI=1S/C15H14ClNO3S/c1-2-20-15(19)13(10-6-4-3-5-7-10)17-14(18)11-8-9-12(16)21-11/h3-9,13H,2H2,1H3,(H,17,18)/t13-/m1/s1. The van der Waals surface area contributed by atoms with Gasteiger partial charge in [0.15, 0.2) is 6.04 Å². The summed E-state index contributed by atoms with van der Waals surface area (Å²) >= 11 is 6.98. The van der Waals surface area contributed by atoms with Gasteiger partial charge >= 0.3 is 5.97 Å². The van der Waals surface area contributed by atoms with Gasteiger partial charge in [0.25, 0.3) is 5.91 Å². The van der Waals surface area contributed by atoms with Crippen molar-refractivity contribution in [3.05, 3.63) is 57.2 Å². The molecule has 1 heterocycles. The lowest BCUT2D eigenvalue weighted by Gasteiger charge is -2.17. The number of ether oxygens (including phenoxy) is 1. The summed E-state index contributed by atoms with van der Waals surface area (Å²) in [6.45, 7) is 1.98. The molecule has 1 amide bonds. The van der Waals surface area contributed by atoms with Gasteiger partial charge in [-0.05, 0) is 24.6 Å². The molecular formula is C15H14ClNO3S. The van der Waals surface area contributed by atoms with Crippen molar-refractivity contribution in [3.8, 4) is 0 Å². The van der Waals surface area contributed by atoms with Gasteiger partial charge in [-0.2, -0.15) is 0 Å². The fourth-order valence-corrected chi connectivity index (χ4v) is 2.73. The molecular weight excluding hydrogens is 310 g/mol. The first kappa shape index (κ1) is 15.5. The Balaban J connectivity index is 2.20. The molecule has 4 nitrogen and oxygen atoms in total. The van der Waals surface area contributed by atoms with Gasteiger partial charge in [-0.1, -0.05) is 41.9 Å². The second kappa shape index (κ2) is 7.24. The minimum Gasteiger partial charge on any atom is -0.464 e. The summed E-state index contributed by atoms with van der Waals surface area (Å²) in [4.78, 5) is 24.7. The molecule has 1 aromatic heterocycles. The van der Waals surface area contributed by atoms with E-state index >= 15 is 0 Å². The third kappa shape index (κ3) is 4.06. The van der Waals surface area contributed by atoms with Crippen LogP contribution in [0.4, 0.5) is 0 Å². The van der Waals surface area contributed by atoms with Crippen LogP contribution in [0, 0.1) is 0 Å². The van der Waals surface area contributed by atoms with Crippen LogP contribution in [0.5, 0.6) is 0 Å². The first-order valence-corrected chi connectivity index (χ1v) is 7.59. The SMILES string of the molecule is CCOC(=O)[C@H](NC(=O)c1ccc(Cl)s1)c1ccccc1. The predicted molar refractivity (Wildman–Crippen MR) is 82.6 cm³/mol. The number of halogens is 1. The van der Waals surface area contributed by atoms with Crippen molar-refractivity contribution in [2.45, 2.75) is 13.0 Å². The normalized spacial score (nSPS) is 11.7. The number of rotatable bonds is 5. The molecule has 0 radical (unpaired) electrons. The molecule has 0 saturated carbocycles. The molecule has 0 aliphatic rings. The van der Waals surface area contributed by atoms with Gasteiger partial charge in [0.2, 0.25) is 0 Å². The summed E-state index contributed by atoms with van der Waals surface area (Å²) in [7, 11) is 0. The number of amides is 1. The Morgan fingerprint density at radius 2 is 1.95 bits per heavy atom. The molecule has 0 fully saturated rings. The van der Waals surface area contributed by atoms with Crippen LogP contribution in [0.25, 0.3) is 0 Å². The van der Waals surface area contributed by atoms with Crippen LogP contribution in [0.3, 0.4) is 0 Å². The van der Waals surface area contributed by atoms with E-state index in [2.05, 4.69) is 5.32 Å². The van der Waals surface area contributed by atoms with Crippen LogP contribution in [-0.2, 0) is 9.53 Å². The van der Waals surface area contributed by atoms with E-state index in [4.69, 9.17) is 16.3 Å². The Bertz CT molecular complexity index is 627. The zero-order chi connectivity index (χ0) is 15.2. The number of hydrogen-bond donors (Lipinski definition) is 1. The summed E-state index contributed by atoms with van der Waals surface area (Å²) in [6, 6.07) is 11.4. The summed E-state index contributed by atoms with van der Waals surface area (Å²) < 4.78 is 5.54. The van der Waals surface area contributed by atoms with Crippen molar-refractivity contribution in [1.82, 2.24) is 5.32 Å². The van der Waals surface area contributed by atoms with Crippen molar-refractivity contribution in [2.75, 3.05) is 6.61 Å². The molecule has 0 aliphatic carbocycles. The lowest BCUT2D eigenvalue weighted by molar-refractivity contribution is -0.145. The quantitative estimate of drug-likeness (QED) is 0.858. The van der Waals surface area contributed by atoms with Gasteiger partial charge in [0.1, 0.15) is 0 Å². The minimum absolute atomic E-state index is 0.253.